The van der Waals surface area contributed by atoms with Gasteiger partial charge in [-0.1, -0.05) is 51.0 Å². The van der Waals surface area contributed by atoms with E-state index in [1.165, 1.54) is 13.3 Å². The molecule has 1 N–H and O–H groups in total. The summed E-state index contributed by atoms with van der Waals surface area (Å²) in [6.07, 6.45) is 3.26. The predicted octanol–water partition coefficient (Wildman–Crippen LogP) is 4.38. The van der Waals surface area contributed by atoms with Gasteiger partial charge in [0, 0.05) is 13.0 Å². The summed E-state index contributed by atoms with van der Waals surface area (Å²) >= 11 is 0. The van der Waals surface area contributed by atoms with Crippen LogP contribution in [0.4, 0.5) is 0 Å². The molecule has 1 aliphatic rings. The average Bonchev–Trinajstić information content (AvgIpc) is 2.75. The molecular formula is C25H29NO5. The Morgan fingerprint density at radius 2 is 1.55 bits per heavy atom. The Bertz CT molecular complexity index is 920. The van der Waals surface area contributed by atoms with Crippen LogP contribution in [0.2, 0.25) is 0 Å². The van der Waals surface area contributed by atoms with E-state index >= 15 is 0 Å². The first-order valence-electron chi connectivity index (χ1n) is 10.7. The van der Waals surface area contributed by atoms with E-state index in [0.29, 0.717) is 23.1 Å². The van der Waals surface area contributed by atoms with Crippen molar-refractivity contribution in [3.8, 4) is 16.9 Å². The fourth-order valence-electron chi connectivity index (χ4n) is 3.93. The zero-order chi connectivity index (χ0) is 22.4. The van der Waals surface area contributed by atoms with Gasteiger partial charge in [-0.25, -0.2) is 4.79 Å². The quantitative estimate of drug-likeness (QED) is 0.551. The van der Waals surface area contributed by atoms with E-state index in [1.807, 2.05) is 24.3 Å². The van der Waals surface area contributed by atoms with Crippen molar-refractivity contribution in [2.75, 3.05) is 6.61 Å². The normalized spacial score (nSPS) is 20.5. The molecule has 0 heterocycles. The van der Waals surface area contributed by atoms with Crippen LogP contribution in [0.3, 0.4) is 0 Å². The standard InChI is InChI=1S/C25H29NO5/c1-16-5-4-6-23(17(16)2)26-24(28)15-30-25(29)21-9-7-19(8-10-21)20-11-13-22(14-12-20)31-18(3)27/h7-14,16-17,23H,4-6,15H2,1-3H3,(H,26,28)/t16-,17-,23-/m1/s1. The molecule has 0 spiro atoms. The highest BCUT2D eigenvalue weighted by molar-refractivity contribution is 5.92. The molecule has 1 saturated carbocycles. The third-order valence-electron chi connectivity index (χ3n) is 5.96. The number of ether oxygens (including phenoxy) is 2. The maximum absolute atomic E-state index is 12.3. The second-order valence-electron chi connectivity index (χ2n) is 8.21. The molecule has 3 atom stereocenters. The van der Waals surface area contributed by atoms with Crippen molar-refractivity contribution >= 4 is 17.8 Å². The van der Waals surface area contributed by atoms with E-state index in [1.54, 1.807) is 24.3 Å². The maximum atomic E-state index is 12.3. The Hall–Kier alpha value is -3.15. The van der Waals surface area contributed by atoms with Gasteiger partial charge < -0.3 is 14.8 Å². The zero-order valence-corrected chi connectivity index (χ0v) is 18.2. The van der Waals surface area contributed by atoms with Crippen molar-refractivity contribution in [2.45, 2.75) is 46.1 Å². The van der Waals surface area contributed by atoms with Crippen LogP contribution in [0.25, 0.3) is 11.1 Å². The van der Waals surface area contributed by atoms with Crippen LogP contribution in [-0.2, 0) is 14.3 Å². The molecule has 1 aliphatic carbocycles. The van der Waals surface area contributed by atoms with Crippen molar-refractivity contribution in [1.29, 1.82) is 0 Å². The molecule has 0 saturated heterocycles. The van der Waals surface area contributed by atoms with Crippen molar-refractivity contribution in [2.24, 2.45) is 11.8 Å². The fraction of sp³-hybridized carbons (Fsp3) is 0.400. The van der Waals surface area contributed by atoms with Gasteiger partial charge in [0.25, 0.3) is 5.91 Å². The van der Waals surface area contributed by atoms with Gasteiger partial charge in [0.1, 0.15) is 5.75 Å². The fourth-order valence-corrected chi connectivity index (χ4v) is 3.93. The zero-order valence-electron chi connectivity index (χ0n) is 18.2. The number of benzene rings is 2. The maximum Gasteiger partial charge on any atom is 0.338 e. The Morgan fingerprint density at radius 1 is 0.935 bits per heavy atom. The molecular weight excluding hydrogens is 394 g/mol. The molecule has 0 unspecified atom stereocenters. The topological polar surface area (TPSA) is 81.7 Å². The molecule has 1 amide bonds. The summed E-state index contributed by atoms with van der Waals surface area (Å²) in [5.74, 6) is 0.321. The van der Waals surface area contributed by atoms with Gasteiger partial charge in [0.15, 0.2) is 6.61 Å². The molecule has 0 bridgehead atoms. The lowest BCUT2D eigenvalue weighted by atomic mass is 9.78. The van der Waals surface area contributed by atoms with Crippen LogP contribution in [0, 0.1) is 11.8 Å². The van der Waals surface area contributed by atoms with Gasteiger partial charge >= 0.3 is 11.9 Å². The van der Waals surface area contributed by atoms with Gasteiger partial charge in [-0.2, -0.15) is 0 Å². The van der Waals surface area contributed by atoms with Gasteiger partial charge in [-0.3, -0.25) is 9.59 Å². The number of hydrogen-bond acceptors (Lipinski definition) is 5. The van der Waals surface area contributed by atoms with Gasteiger partial charge in [-0.05, 0) is 53.6 Å². The van der Waals surface area contributed by atoms with Crippen LogP contribution < -0.4 is 10.1 Å². The molecule has 6 heteroatoms. The average molecular weight is 424 g/mol. The van der Waals surface area contributed by atoms with E-state index in [4.69, 9.17) is 9.47 Å². The number of carbonyl (C=O) groups is 3. The molecule has 0 aliphatic heterocycles. The number of nitrogens with one attached hydrogen (secondary N) is 1. The Kier molecular flexibility index (Phi) is 7.45. The van der Waals surface area contributed by atoms with Crippen molar-refractivity contribution in [3.63, 3.8) is 0 Å². The molecule has 31 heavy (non-hydrogen) atoms. The molecule has 2 aromatic rings. The summed E-state index contributed by atoms with van der Waals surface area (Å²) in [4.78, 5) is 35.5. The molecule has 164 valence electrons. The number of amides is 1. The third-order valence-corrected chi connectivity index (χ3v) is 5.96. The number of hydrogen-bond donors (Lipinski definition) is 1. The largest absolute Gasteiger partial charge is 0.452 e. The third kappa shape index (κ3) is 6.17. The van der Waals surface area contributed by atoms with Gasteiger partial charge in [0.05, 0.1) is 5.56 Å². The van der Waals surface area contributed by atoms with E-state index in [9.17, 15) is 14.4 Å². The molecule has 0 aromatic heterocycles. The van der Waals surface area contributed by atoms with Crippen LogP contribution >= 0.6 is 0 Å². The smallest absolute Gasteiger partial charge is 0.338 e. The lowest BCUT2D eigenvalue weighted by molar-refractivity contribution is -0.132. The molecule has 0 radical (unpaired) electrons. The highest BCUT2D eigenvalue weighted by atomic mass is 16.5. The molecule has 1 fully saturated rings. The Balaban J connectivity index is 1.52. The second-order valence-corrected chi connectivity index (χ2v) is 8.21. The minimum Gasteiger partial charge on any atom is -0.452 e. The molecule has 6 nitrogen and oxygen atoms in total. The monoisotopic (exact) mass is 423 g/mol. The first-order valence-corrected chi connectivity index (χ1v) is 10.7. The van der Waals surface area contributed by atoms with Gasteiger partial charge in [-0.15, -0.1) is 0 Å². The van der Waals surface area contributed by atoms with Crippen molar-refractivity contribution in [3.05, 3.63) is 54.1 Å². The van der Waals surface area contributed by atoms with E-state index in [0.717, 1.165) is 24.0 Å². The molecule has 3 rings (SSSR count). The lowest BCUT2D eigenvalue weighted by Gasteiger charge is -2.34. The first-order chi connectivity index (χ1) is 14.8. The van der Waals surface area contributed by atoms with Crippen LogP contribution in [0.1, 0.15) is 50.4 Å². The highest BCUT2D eigenvalue weighted by Crippen LogP contribution is 2.29. The van der Waals surface area contributed by atoms with Crippen molar-refractivity contribution < 1.29 is 23.9 Å². The van der Waals surface area contributed by atoms with E-state index in [2.05, 4.69) is 19.2 Å². The highest BCUT2D eigenvalue weighted by Gasteiger charge is 2.28. The number of carbonyl (C=O) groups excluding carboxylic acids is 3. The van der Waals surface area contributed by atoms with Crippen molar-refractivity contribution in [1.82, 2.24) is 5.32 Å². The summed E-state index contributed by atoms with van der Waals surface area (Å²) in [7, 11) is 0. The van der Waals surface area contributed by atoms with Crippen LogP contribution in [0.15, 0.2) is 48.5 Å². The second kappa shape index (κ2) is 10.2. The summed E-state index contributed by atoms with van der Waals surface area (Å²) < 4.78 is 10.2. The summed E-state index contributed by atoms with van der Waals surface area (Å²) in [6.45, 7) is 5.44. The van der Waals surface area contributed by atoms with Crippen LogP contribution in [0.5, 0.6) is 5.75 Å². The minimum atomic E-state index is -0.531. The Labute approximate surface area is 182 Å². The predicted molar refractivity (Wildman–Crippen MR) is 118 cm³/mol. The summed E-state index contributed by atoms with van der Waals surface area (Å²) in [5.41, 5.74) is 2.21. The van der Waals surface area contributed by atoms with Gasteiger partial charge in [0.2, 0.25) is 0 Å². The Morgan fingerprint density at radius 3 is 2.16 bits per heavy atom. The minimum absolute atomic E-state index is 0.140. The SMILES string of the molecule is CC(=O)Oc1ccc(-c2ccc(C(=O)OCC(=O)N[C@@H]3CCC[C@@H](C)[C@H]3C)cc2)cc1. The summed E-state index contributed by atoms with van der Waals surface area (Å²) in [5, 5.41) is 3.01. The van der Waals surface area contributed by atoms with Crippen LogP contribution in [-0.4, -0.2) is 30.5 Å². The van der Waals surface area contributed by atoms with E-state index < -0.39 is 5.97 Å². The first kappa shape index (κ1) is 22.5. The summed E-state index contributed by atoms with van der Waals surface area (Å²) in [6, 6.07) is 14.2. The molecule has 2 aromatic carbocycles. The number of rotatable bonds is 6. The lowest BCUT2D eigenvalue weighted by Crippen LogP contribution is -2.45. The number of esters is 2. The van der Waals surface area contributed by atoms with E-state index in [-0.39, 0.29) is 24.5 Å².